The quantitative estimate of drug-likeness (QED) is 0.777. The fourth-order valence-corrected chi connectivity index (χ4v) is 4.02. The fraction of sp³-hybridized carbons (Fsp3) is 1.00. The van der Waals surface area contributed by atoms with Gasteiger partial charge in [0.2, 0.25) is 0 Å². The smallest absolute Gasteiger partial charge is 0.0136 e. The third-order valence-electron chi connectivity index (χ3n) is 4.93. The van der Waals surface area contributed by atoms with Crippen LogP contribution >= 0.6 is 0 Å². The maximum absolute atomic E-state index is 3.46. The second-order valence-corrected chi connectivity index (χ2v) is 6.05. The lowest BCUT2D eigenvalue weighted by atomic mass is 9.83. The van der Waals surface area contributed by atoms with E-state index in [1.54, 1.807) is 0 Å². The summed E-state index contributed by atoms with van der Waals surface area (Å²) in [6, 6.07) is 0.924. The molecule has 0 aliphatic carbocycles. The predicted molar refractivity (Wildman–Crippen MR) is 71.2 cm³/mol. The van der Waals surface area contributed by atoms with E-state index in [0.29, 0.717) is 0 Å². The highest BCUT2D eigenvalue weighted by atomic mass is 15.2. The molecule has 3 heterocycles. The molecule has 0 radical (unpaired) electrons. The SMILES string of the molecule is C1CCN2CCCC(CN3CCNCC3)C2C1. The van der Waals surface area contributed by atoms with Gasteiger partial charge in [-0.2, -0.15) is 0 Å². The maximum atomic E-state index is 3.46. The van der Waals surface area contributed by atoms with Gasteiger partial charge in [0, 0.05) is 38.8 Å². The van der Waals surface area contributed by atoms with E-state index in [2.05, 4.69) is 15.1 Å². The topological polar surface area (TPSA) is 18.5 Å². The van der Waals surface area contributed by atoms with Crippen LogP contribution in [-0.2, 0) is 0 Å². The maximum Gasteiger partial charge on any atom is 0.0136 e. The summed E-state index contributed by atoms with van der Waals surface area (Å²) in [7, 11) is 0. The van der Waals surface area contributed by atoms with Crippen molar-refractivity contribution in [3.63, 3.8) is 0 Å². The van der Waals surface area contributed by atoms with Crippen LogP contribution in [-0.4, -0.2) is 61.7 Å². The van der Waals surface area contributed by atoms with Gasteiger partial charge in [-0.1, -0.05) is 6.42 Å². The number of nitrogens with zero attached hydrogens (tertiary/aromatic N) is 2. The second kappa shape index (κ2) is 5.68. The molecule has 3 fully saturated rings. The molecule has 0 aromatic carbocycles. The monoisotopic (exact) mass is 237 g/mol. The number of hydrogen-bond acceptors (Lipinski definition) is 3. The largest absolute Gasteiger partial charge is 0.314 e. The Labute approximate surface area is 106 Å². The molecule has 3 aliphatic heterocycles. The minimum atomic E-state index is 0.924. The van der Waals surface area contributed by atoms with Crippen LogP contribution in [0.5, 0.6) is 0 Å². The van der Waals surface area contributed by atoms with Gasteiger partial charge in [-0.05, 0) is 44.7 Å². The molecule has 3 nitrogen and oxygen atoms in total. The molecule has 0 aromatic heterocycles. The summed E-state index contributed by atoms with van der Waals surface area (Å²) < 4.78 is 0. The molecule has 2 atom stereocenters. The molecule has 1 N–H and O–H groups in total. The molecule has 3 heteroatoms. The third-order valence-corrected chi connectivity index (χ3v) is 4.93. The third kappa shape index (κ3) is 2.83. The molecule has 0 bridgehead atoms. The lowest BCUT2D eigenvalue weighted by molar-refractivity contribution is 0.0383. The number of piperazine rings is 1. The van der Waals surface area contributed by atoms with Gasteiger partial charge in [0.25, 0.3) is 0 Å². The van der Waals surface area contributed by atoms with Crippen LogP contribution < -0.4 is 5.32 Å². The summed E-state index contributed by atoms with van der Waals surface area (Å²) in [5, 5.41) is 3.46. The minimum absolute atomic E-state index is 0.924. The van der Waals surface area contributed by atoms with Crippen molar-refractivity contribution in [2.45, 2.75) is 38.1 Å². The summed E-state index contributed by atoms with van der Waals surface area (Å²) in [4.78, 5) is 5.49. The summed E-state index contributed by atoms with van der Waals surface area (Å²) in [5.74, 6) is 0.960. The standard InChI is InChI=1S/C14H27N3/c1-2-8-17-9-3-4-13(14(17)5-1)12-16-10-6-15-7-11-16/h13-15H,1-12H2. The molecule has 17 heavy (non-hydrogen) atoms. The van der Waals surface area contributed by atoms with Gasteiger partial charge in [-0.15, -0.1) is 0 Å². The van der Waals surface area contributed by atoms with Gasteiger partial charge in [0.05, 0.1) is 0 Å². The van der Waals surface area contributed by atoms with E-state index >= 15 is 0 Å². The van der Waals surface area contributed by atoms with Gasteiger partial charge < -0.3 is 15.1 Å². The fourth-order valence-electron chi connectivity index (χ4n) is 4.02. The Morgan fingerprint density at radius 3 is 2.59 bits per heavy atom. The first kappa shape index (κ1) is 11.9. The van der Waals surface area contributed by atoms with Crippen LogP contribution in [0.3, 0.4) is 0 Å². The molecular weight excluding hydrogens is 210 g/mol. The lowest BCUT2D eigenvalue weighted by Crippen LogP contribution is -2.53. The number of piperidine rings is 2. The van der Waals surface area contributed by atoms with Crippen molar-refractivity contribution in [3.05, 3.63) is 0 Å². The van der Waals surface area contributed by atoms with Crippen molar-refractivity contribution in [2.75, 3.05) is 45.8 Å². The summed E-state index contributed by atoms with van der Waals surface area (Å²) in [6.45, 7) is 9.04. The van der Waals surface area contributed by atoms with Gasteiger partial charge in [0.15, 0.2) is 0 Å². The first-order chi connectivity index (χ1) is 8.43. The molecular formula is C14H27N3. The summed E-state index contributed by atoms with van der Waals surface area (Å²) in [5.41, 5.74) is 0. The average molecular weight is 237 g/mol. The van der Waals surface area contributed by atoms with Crippen molar-refractivity contribution in [2.24, 2.45) is 5.92 Å². The zero-order valence-corrected chi connectivity index (χ0v) is 11.0. The van der Waals surface area contributed by atoms with E-state index in [1.807, 2.05) is 0 Å². The van der Waals surface area contributed by atoms with Gasteiger partial charge >= 0.3 is 0 Å². The van der Waals surface area contributed by atoms with E-state index in [4.69, 9.17) is 0 Å². The normalized spacial score (nSPS) is 36.7. The highest BCUT2D eigenvalue weighted by Crippen LogP contribution is 2.31. The highest BCUT2D eigenvalue weighted by molar-refractivity contribution is 4.89. The molecule has 3 rings (SSSR count). The van der Waals surface area contributed by atoms with E-state index < -0.39 is 0 Å². The van der Waals surface area contributed by atoms with Crippen molar-refractivity contribution >= 4 is 0 Å². The Morgan fingerprint density at radius 1 is 0.882 bits per heavy atom. The zero-order valence-electron chi connectivity index (χ0n) is 11.0. The summed E-state index contributed by atoms with van der Waals surface area (Å²) in [6.07, 6.45) is 7.30. The highest BCUT2D eigenvalue weighted by Gasteiger charge is 2.33. The Bertz CT molecular complexity index is 236. The number of rotatable bonds is 2. The first-order valence-corrected chi connectivity index (χ1v) is 7.60. The zero-order chi connectivity index (χ0) is 11.5. The Balaban J connectivity index is 1.56. The number of hydrogen-bond donors (Lipinski definition) is 1. The average Bonchev–Trinajstić information content (AvgIpc) is 2.40. The molecule has 3 aliphatic rings. The van der Waals surface area contributed by atoms with Crippen molar-refractivity contribution < 1.29 is 0 Å². The van der Waals surface area contributed by atoms with Gasteiger partial charge in [-0.3, -0.25) is 0 Å². The second-order valence-electron chi connectivity index (χ2n) is 6.05. The molecule has 0 amide bonds. The van der Waals surface area contributed by atoms with Crippen LogP contribution in [0, 0.1) is 5.92 Å². The predicted octanol–water partition coefficient (Wildman–Crippen LogP) is 1.16. The molecule has 3 saturated heterocycles. The lowest BCUT2D eigenvalue weighted by Gasteiger charge is -2.46. The van der Waals surface area contributed by atoms with Crippen LogP contribution in [0.15, 0.2) is 0 Å². The van der Waals surface area contributed by atoms with Crippen LogP contribution in [0.2, 0.25) is 0 Å². The van der Waals surface area contributed by atoms with Gasteiger partial charge in [0.1, 0.15) is 0 Å². The summed E-state index contributed by atoms with van der Waals surface area (Å²) >= 11 is 0. The van der Waals surface area contributed by atoms with E-state index in [0.717, 1.165) is 12.0 Å². The van der Waals surface area contributed by atoms with Crippen molar-refractivity contribution in [3.8, 4) is 0 Å². The Morgan fingerprint density at radius 2 is 1.71 bits per heavy atom. The minimum Gasteiger partial charge on any atom is -0.314 e. The number of nitrogens with one attached hydrogen (secondary N) is 1. The first-order valence-electron chi connectivity index (χ1n) is 7.60. The van der Waals surface area contributed by atoms with Crippen LogP contribution in [0.25, 0.3) is 0 Å². The van der Waals surface area contributed by atoms with Crippen molar-refractivity contribution in [1.29, 1.82) is 0 Å². The van der Waals surface area contributed by atoms with E-state index in [1.165, 1.54) is 77.9 Å². The van der Waals surface area contributed by atoms with E-state index in [9.17, 15) is 0 Å². The van der Waals surface area contributed by atoms with Crippen molar-refractivity contribution in [1.82, 2.24) is 15.1 Å². The molecule has 0 aromatic rings. The Hall–Kier alpha value is -0.120. The van der Waals surface area contributed by atoms with E-state index in [-0.39, 0.29) is 0 Å². The molecule has 98 valence electrons. The molecule has 0 saturated carbocycles. The Kier molecular flexibility index (Phi) is 3.99. The van der Waals surface area contributed by atoms with Gasteiger partial charge in [-0.25, -0.2) is 0 Å². The van der Waals surface area contributed by atoms with Crippen LogP contribution in [0.1, 0.15) is 32.1 Å². The molecule has 0 spiro atoms. The van der Waals surface area contributed by atoms with Crippen LogP contribution in [0.4, 0.5) is 0 Å². The molecule has 2 unspecified atom stereocenters. The number of fused-ring (bicyclic) bond motifs is 1.